The Morgan fingerprint density at radius 3 is 2.43 bits per heavy atom. The third-order valence-electron chi connectivity index (χ3n) is 3.81. The molecule has 1 heterocycles. The van der Waals surface area contributed by atoms with E-state index in [0.717, 1.165) is 29.3 Å². The molecular weight excluding hydrogens is 260 g/mol. The van der Waals surface area contributed by atoms with E-state index < -0.39 is 0 Å². The number of pyridine rings is 1. The number of hydrogen-bond donors (Lipinski definition) is 1. The summed E-state index contributed by atoms with van der Waals surface area (Å²) in [6, 6.07) is 8.47. The Kier molecular flexibility index (Phi) is 4.97. The Hall–Kier alpha value is -1.87. The average Bonchev–Trinajstić information content (AvgIpc) is 2.48. The van der Waals surface area contributed by atoms with Gasteiger partial charge in [-0.15, -0.1) is 0 Å². The lowest BCUT2D eigenvalue weighted by atomic mass is 10.1. The van der Waals surface area contributed by atoms with Gasteiger partial charge in [0.25, 0.3) is 0 Å². The zero-order valence-electron chi connectivity index (χ0n) is 13.5. The highest BCUT2D eigenvalue weighted by atomic mass is 16.5. The summed E-state index contributed by atoms with van der Waals surface area (Å²) in [6.45, 7) is 11.4. The molecule has 2 rings (SSSR count). The van der Waals surface area contributed by atoms with Gasteiger partial charge in [-0.2, -0.15) is 0 Å². The van der Waals surface area contributed by atoms with Crippen molar-refractivity contribution >= 4 is 0 Å². The largest absolute Gasteiger partial charge is 0.455 e. The molecule has 112 valence electrons. The van der Waals surface area contributed by atoms with Crippen LogP contribution < -0.4 is 10.1 Å². The third kappa shape index (κ3) is 3.61. The van der Waals surface area contributed by atoms with Crippen molar-refractivity contribution in [3.8, 4) is 11.5 Å². The molecule has 1 N–H and O–H groups in total. The summed E-state index contributed by atoms with van der Waals surface area (Å²) in [5.74, 6) is 1.71. The molecule has 0 aliphatic heterocycles. The maximum atomic E-state index is 6.03. The topological polar surface area (TPSA) is 34.1 Å². The fourth-order valence-corrected chi connectivity index (χ4v) is 2.32. The molecule has 3 nitrogen and oxygen atoms in total. The summed E-state index contributed by atoms with van der Waals surface area (Å²) in [4.78, 5) is 4.49. The van der Waals surface area contributed by atoms with E-state index in [4.69, 9.17) is 4.74 Å². The lowest BCUT2D eigenvalue weighted by Crippen LogP contribution is -2.18. The van der Waals surface area contributed by atoms with Gasteiger partial charge in [0.05, 0.1) is 11.9 Å². The lowest BCUT2D eigenvalue weighted by molar-refractivity contribution is 0.470. The van der Waals surface area contributed by atoms with Crippen molar-refractivity contribution in [3.05, 3.63) is 52.8 Å². The van der Waals surface area contributed by atoms with Crippen LogP contribution in [0.4, 0.5) is 0 Å². The summed E-state index contributed by atoms with van der Waals surface area (Å²) < 4.78 is 6.03. The molecule has 0 bridgehead atoms. The van der Waals surface area contributed by atoms with E-state index in [1.54, 1.807) is 6.20 Å². The maximum Gasteiger partial charge on any atom is 0.145 e. The van der Waals surface area contributed by atoms with E-state index >= 15 is 0 Å². The standard InChI is InChI=1S/C18H24N2O/c1-6-19-15(5)17-10-9-16(11-20-17)21-18-13(3)8-7-12(2)14(18)4/h7-11,15,19H,6H2,1-5H3. The number of nitrogens with zero attached hydrogens (tertiary/aromatic N) is 1. The number of hydrogen-bond acceptors (Lipinski definition) is 3. The maximum absolute atomic E-state index is 6.03. The molecule has 0 saturated heterocycles. The van der Waals surface area contributed by atoms with E-state index in [9.17, 15) is 0 Å². The Morgan fingerprint density at radius 2 is 1.81 bits per heavy atom. The minimum Gasteiger partial charge on any atom is -0.455 e. The fraction of sp³-hybridized carbons (Fsp3) is 0.389. The van der Waals surface area contributed by atoms with Gasteiger partial charge in [-0.3, -0.25) is 4.98 Å². The van der Waals surface area contributed by atoms with Crippen molar-refractivity contribution in [2.24, 2.45) is 0 Å². The van der Waals surface area contributed by atoms with Crippen LogP contribution in [-0.4, -0.2) is 11.5 Å². The van der Waals surface area contributed by atoms with Crippen LogP contribution in [0.1, 0.15) is 42.3 Å². The molecular formula is C18H24N2O. The fourth-order valence-electron chi connectivity index (χ4n) is 2.32. The van der Waals surface area contributed by atoms with E-state index in [2.05, 4.69) is 57.1 Å². The molecule has 0 spiro atoms. The number of nitrogens with one attached hydrogen (secondary N) is 1. The normalized spacial score (nSPS) is 12.2. The second-order valence-corrected chi connectivity index (χ2v) is 5.45. The van der Waals surface area contributed by atoms with E-state index in [1.807, 2.05) is 12.1 Å². The summed E-state index contributed by atoms with van der Waals surface area (Å²) in [5.41, 5.74) is 4.59. The molecule has 0 radical (unpaired) electrons. The zero-order valence-corrected chi connectivity index (χ0v) is 13.5. The van der Waals surface area contributed by atoms with Gasteiger partial charge < -0.3 is 10.1 Å². The Balaban J connectivity index is 2.20. The quantitative estimate of drug-likeness (QED) is 0.879. The van der Waals surface area contributed by atoms with Crippen LogP contribution in [0.15, 0.2) is 30.5 Å². The molecule has 1 aromatic heterocycles. The van der Waals surface area contributed by atoms with Crippen LogP contribution in [0.5, 0.6) is 11.5 Å². The predicted molar refractivity (Wildman–Crippen MR) is 87.1 cm³/mol. The highest BCUT2D eigenvalue weighted by molar-refractivity contribution is 5.46. The van der Waals surface area contributed by atoms with Gasteiger partial charge in [0.2, 0.25) is 0 Å². The third-order valence-corrected chi connectivity index (χ3v) is 3.81. The Morgan fingerprint density at radius 1 is 1.10 bits per heavy atom. The van der Waals surface area contributed by atoms with Gasteiger partial charge in [0, 0.05) is 6.04 Å². The highest BCUT2D eigenvalue weighted by Gasteiger charge is 2.09. The second kappa shape index (κ2) is 6.72. The first-order valence-electron chi connectivity index (χ1n) is 7.47. The van der Waals surface area contributed by atoms with E-state index in [0.29, 0.717) is 0 Å². The summed E-state index contributed by atoms with van der Waals surface area (Å²) in [7, 11) is 0. The minimum absolute atomic E-state index is 0.256. The number of benzene rings is 1. The van der Waals surface area contributed by atoms with Crippen LogP contribution in [0.3, 0.4) is 0 Å². The number of rotatable bonds is 5. The molecule has 3 heteroatoms. The van der Waals surface area contributed by atoms with Crippen molar-refractivity contribution in [2.45, 2.75) is 40.7 Å². The molecule has 1 aromatic carbocycles. The van der Waals surface area contributed by atoms with Crippen LogP contribution in [0, 0.1) is 20.8 Å². The smallest absolute Gasteiger partial charge is 0.145 e. The molecule has 0 aliphatic rings. The summed E-state index contributed by atoms with van der Waals surface area (Å²) >= 11 is 0. The van der Waals surface area contributed by atoms with Crippen molar-refractivity contribution < 1.29 is 4.74 Å². The highest BCUT2D eigenvalue weighted by Crippen LogP contribution is 2.30. The predicted octanol–water partition coefficient (Wildman–Crippen LogP) is 4.47. The van der Waals surface area contributed by atoms with Crippen LogP contribution >= 0.6 is 0 Å². The van der Waals surface area contributed by atoms with Crippen LogP contribution in [0.2, 0.25) is 0 Å². The number of ether oxygens (including phenoxy) is 1. The van der Waals surface area contributed by atoms with Gasteiger partial charge in [-0.1, -0.05) is 19.1 Å². The second-order valence-electron chi connectivity index (χ2n) is 5.45. The van der Waals surface area contributed by atoms with Crippen molar-refractivity contribution in [1.29, 1.82) is 0 Å². The van der Waals surface area contributed by atoms with Crippen molar-refractivity contribution in [3.63, 3.8) is 0 Å². The van der Waals surface area contributed by atoms with Crippen molar-refractivity contribution in [2.75, 3.05) is 6.54 Å². The summed E-state index contributed by atoms with van der Waals surface area (Å²) in [6.07, 6.45) is 1.80. The van der Waals surface area contributed by atoms with Crippen LogP contribution in [0.25, 0.3) is 0 Å². The summed E-state index contributed by atoms with van der Waals surface area (Å²) in [5, 5.41) is 3.35. The lowest BCUT2D eigenvalue weighted by Gasteiger charge is -2.15. The Labute approximate surface area is 127 Å². The van der Waals surface area contributed by atoms with Gasteiger partial charge in [0.1, 0.15) is 11.5 Å². The molecule has 21 heavy (non-hydrogen) atoms. The van der Waals surface area contributed by atoms with Gasteiger partial charge >= 0.3 is 0 Å². The number of aromatic nitrogens is 1. The molecule has 1 unspecified atom stereocenters. The first-order chi connectivity index (χ1) is 10.0. The van der Waals surface area contributed by atoms with Gasteiger partial charge in [-0.25, -0.2) is 0 Å². The van der Waals surface area contributed by atoms with Gasteiger partial charge in [0.15, 0.2) is 0 Å². The van der Waals surface area contributed by atoms with Gasteiger partial charge in [-0.05, 0) is 63.1 Å². The molecule has 2 aromatic rings. The zero-order chi connectivity index (χ0) is 15.4. The molecule has 1 atom stereocenters. The molecule has 0 fully saturated rings. The average molecular weight is 284 g/mol. The van der Waals surface area contributed by atoms with E-state index in [-0.39, 0.29) is 6.04 Å². The SMILES string of the molecule is CCNC(C)c1ccc(Oc2c(C)ccc(C)c2C)cn1. The number of aryl methyl sites for hydroxylation is 2. The minimum atomic E-state index is 0.256. The first kappa shape index (κ1) is 15.5. The Bertz CT molecular complexity index is 605. The van der Waals surface area contributed by atoms with Crippen LogP contribution in [-0.2, 0) is 0 Å². The first-order valence-corrected chi connectivity index (χ1v) is 7.47. The molecule has 0 amide bonds. The monoisotopic (exact) mass is 284 g/mol. The molecule has 0 saturated carbocycles. The van der Waals surface area contributed by atoms with E-state index in [1.165, 1.54) is 11.1 Å². The molecule has 0 aliphatic carbocycles. The van der Waals surface area contributed by atoms with Crippen molar-refractivity contribution in [1.82, 2.24) is 10.3 Å².